The van der Waals surface area contributed by atoms with Crippen molar-refractivity contribution in [2.24, 2.45) is 23.7 Å². The van der Waals surface area contributed by atoms with E-state index in [9.17, 15) is 43.2 Å². The van der Waals surface area contributed by atoms with Gasteiger partial charge in [-0.05, 0) is 49.4 Å². The predicted octanol–water partition coefficient (Wildman–Crippen LogP) is 20.1. The quantitative estimate of drug-likeness (QED) is 0.0222. The second-order valence-electron chi connectivity index (χ2n) is 27.3. The van der Waals surface area contributed by atoms with E-state index >= 15 is 0 Å². The van der Waals surface area contributed by atoms with E-state index in [0.717, 1.165) is 120 Å². The predicted molar refractivity (Wildman–Crippen MR) is 363 cm³/mol. The molecule has 0 heterocycles. The number of phosphoric ester groups is 2. The molecule has 19 heteroatoms. The summed E-state index contributed by atoms with van der Waals surface area (Å²) >= 11 is 0. The lowest BCUT2D eigenvalue weighted by atomic mass is 10.00. The van der Waals surface area contributed by atoms with Gasteiger partial charge in [0.05, 0.1) is 26.4 Å². The molecule has 0 saturated carbocycles. The molecule has 0 spiro atoms. The molecule has 3 unspecified atom stereocenters. The Morgan fingerprint density at radius 2 is 0.533 bits per heavy atom. The van der Waals surface area contributed by atoms with E-state index < -0.39 is 97.5 Å². The molecule has 0 bridgehead atoms. The number of unbranched alkanes of at least 4 members (excludes halogenated alkanes) is 33. The van der Waals surface area contributed by atoms with E-state index in [-0.39, 0.29) is 25.7 Å². The summed E-state index contributed by atoms with van der Waals surface area (Å²) in [4.78, 5) is 72.5. The fourth-order valence-corrected chi connectivity index (χ4v) is 12.2. The van der Waals surface area contributed by atoms with Crippen LogP contribution in [0, 0.1) is 23.7 Å². The minimum atomic E-state index is -4.95. The number of ether oxygens (including phenoxy) is 4. The molecule has 90 heavy (non-hydrogen) atoms. The zero-order valence-electron chi connectivity index (χ0n) is 58.8. The van der Waals surface area contributed by atoms with Crippen molar-refractivity contribution >= 4 is 39.5 Å². The summed E-state index contributed by atoms with van der Waals surface area (Å²) in [5.74, 6) is 0.824. The van der Waals surface area contributed by atoms with Crippen LogP contribution in [0.1, 0.15) is 351 Å². The molecular formula is C71H138O17P2. The molecule has 534 valence electrons. The monoisotopic (exact) mass is 1320 g/mol. The number of esters is 4. The van der Waals surface area contributed by atoms with Crippen molar-refractivity contribution in [1.82, 2.24) is 0 Å². The van der Waals surface area contributed by atoms with E-state index in [1.165, 1.54) is 141 Å². The molecule has 6 atom stereocenters. The first-order valence-corrected chi connectivity index (χ1v) is 39.7. The Labute approximate surface area is 549 Å². The van der Waals surface area contributed by atoms with Gasteiger partial charge < -0.3 is 33.8 Å². The van der Waals surface area contributed by atoms with Crippen molar-refractivity contribution in [2.45, 2.75) is 369 Å². The van der Waals surface area contributed by atoms with Gasteiger partial charge in [0.15, 0.2) is 12.2 Å². The number of carbonyl (C=O) groups excluding carboxylic acids is 4. The standard InChI is InChI=1S/C71H138O17P2/c1-9-64(8)50-42-34-28-30-36-44-52-69(74)82-58-67(87-70(75)53-45-37-25-21-17-15-13-11-10-12-14-16-19-23-31-39-47-61(2)3)60-86-90(79,80)84-56-65(72)55-83-89(77,78)85-59-66(57-81-68(73)51-43-35-29-27-33-41-49-63(6)7)88-71(76)54-46-38-26-22-18-20-24-32-40-48-62(4)5/h61-67,72H,9-60H2,1-8H3,(H,77,78)(H,79,80)/t64?,65-,66-,67-/m1/s1. The molecule has 0 aromatic heterocycles. The Hall–Kier alpha value is -1.94. The summed E-state index contributed by atoms with van der Waals surface area (Å²) < 4.78 is 68.2. The van der Waals surface area contributed by atoms with Crippen LogP contribution in [0.25, 0.3) is 0 Å². The summed E-state index contributed by atoms with van der Waals surface area (Å²) in [7, 11) is -9.90. The number of aliphatic hydroxyl groups excluding tert-OH is 1. The fourth-order valence-electron chi connectivity index (χ4n) is 10.6. The Balaban J connectivity index is 5.20. The summed E-state index contributed by atoms with van der Waals surface area (Å²) in [5, 5.41) is 10.6. The molecule has 0 rings (SSSR count). The van der Waals surface area contributed by atoms with Crippen LogP contribution in [-0.2, 0) is 65.4 Å². The molecule has 3 N–H and O–H groups in total. The van der Waals surface area contributed by atoms with Crippen LogP contribution in [0.2, 0.25) is 0 Å². The molecule has 0 aromatic carbocycles. The molecule has 0 aliphatic heterocycles. The molecule has 0 amide bonds. The van der Waals surface area contributed by atoms with E-state index in [4.69, 9.17) is 37.0 Å². The number of hydrogen-bond donors (Lipinski definition) is 3. The van der Waals surface area contributed by atoms with Crippen molar-refractivity contribution in [3.63, 3.8) is 0 Å². The lowest BCUT2D eigenvalue weighted by molar-refractivity contribution is -0.161. The van der Waals surface area contributed by atoms with Gasteiger partial charge in [0.25, 0.3) is 0 Å². The number of aliphatic hydroxyl groups is 1. The lowest BCUT2D eigenvalue weighted by Gasteiger charge is -2.21. The molecule has 0 fully saturated rings. The average Bonchev–Trinajstić information content (AvgIpc) is 3.60. The van der Waals surface area contributed by atoms with Crippen molar-refractivity contribution in [3.05, 3.63) is 0 Å². The molecule has 0 aromatic rings. The maximum Gasteiger partial charge on any atom is 0.472 e. The minimum absolute atomic E-state index is 0.104. The van der Waals surface area contributed by atoms with Crippen LogP contribution in [0.3, 0.4) is 0 Å². The minimum Gasteiger partial charge on any atom is -0.462 e. The van der Waals surface area contributed by atoms with E-state index in [2.05, 4.69) is 55.4 Å². The van der Waals surface area contributed by atoms with Gasteiger partial charge in [-0.2, -0.15) is 0 Å². The van der Waals surface area contributed by atoms with Crippen molar-refractivity contribution in [1.29, 1.82) is 0 Å². The normalized spacial score (nSPS) is 14.6. The molecule has 17 nitrogen and oxygen atoms in total. The number of hydrogen-bond acceptors (Lipinski definition) is 15. The largest absolute Gasteiger partial charge is 0.472 e. The molecule has 0 saturated heterocycles. The van der Waals surface area contributed by atoms with Crippen LogP contribution in [0.5, 0.6) is 0 Å². The summed E-state index contributed by atoms with van der Waals surface area (Å²) in [6.45, 7) is 14.0. The van der Waals surface area contributed by atoms with Crippen molar-refractivity contribution < 1.29 is 80.2 Å². The fraction of sp³-hybridized carbons (Fsp3) is 0.944. The number of phosphoric acid groups is 2. The number of rotatable bonds is 68. The summed E-state index contributed by atoms with van der Waals surface area (Å²) in [5.41, 5.74) is 0. The zero-order valence-corrected chi connectivity index (χ0v) is 60.6. The van der Waals surface area contributed by atoms with Gasteiger partial charge in [0, 0.05) is 25.7 Å². The Kier molecular flexibility index (Phi) is 59.4. The third-order valence-corrected chi connectivity index (χ3v) is 18.6. The maximum atomic E-state index is 13.0. The molecule has 0 radical (unpaired) electrons. The van der Waals surface area contributed by atoms with Crippen LogP contribution in [0.15, 0.2) is 0 Å². The lowest BCUT2D eigenvalue weighted by Crippen LogP contribution is -2.30. The van der Waals surface area contributed by atoms with Gasteiger partial charge in [-0.25, -0.2) is 9.13 Å². The molecule has 0 aliphatic rings. The Morgan fingerprint density at radius 3 is 0.789 bits per heavy atom. The first-order chi connectivity index (χ1) is 43.1. The van der Waals surface area contributed by atoms with Crippen LogP contribution < -0.4 is 0 Å². The topological polar surface area (TPSA) is 237 Å². The second kappa shape index (κ2) is 60.7. The van der Waals surface area contributed by atoms with Gasteiger partial charge >= 0.3 is 39.5 Å². The van der Waals surface area contributed by atoms with E-state index in [1.54, 1.807) is 0 Å². The van der Waals surface area contributed by atoms with E-state index in [0.29, 0.717) is 31.6 Å². The maximum absolute atomic E-state index is 13.0. The highest BCUT2D eigenvalue weighted by molar-refractivity contribution is 7.47. The first kappa shape index (κ1) is 88.1. The third kappa shape index (κ3) is 63.5. The van der Waals surface area contributed by atoms with Crippen LogP contribution >= 0.6 is 15.6 Å². The SMILES string of the molecule is CCC(C)CCCCCCCCC(=O)OC[C@H](COP(=O)(O)OC[C@H](O)COP(=O)(O)OC[C@@H](COC(=O)CCCCCCCCC(C)C)OC(=O)CCCCCCCCCCCC(C)C)OC(=O)CCCCCCCCCCCCCCCCCCC(C)C. The highest BCUT2D eigenvalue weighted by atomic mass is 31.2. The van der Waals surface area contributed by atoms with Gasteiger partial charge in [-0.15, -0.1) is 0 Å². The number of carbonyl (C=O) groups is 4. The van der Waals surface area contributed by atoms with Gasteiger partial charge in [-0.3, -0.25) is 37.3 Å². The third-order valence-electron chi connectivity index (χ3n) is 16.7. The van der Waals surface area contributed by atoms with Crippen LogP contribution in [-0.4, -0.2) is 96.7 Å². The van der Waals surface area contributed by atoms with Gasteiger partial charge in [0.1, 0.15) is 19.3 Å². The first-order valence-electron chi connectivity index (χ1n) is 36.7. The average molecular weight is 1330 g/mol. The second-order valence-corrected chi connectivity index (χ2v) is 30.2. The Bertz CT molecular complexity index is 1780. The smallest absolute Gasteiger partial charge is 0.462 e. The van der Waals surface area contributed by atoms with Crippen molar-refractivity contribution in [3.8, 4) is 0 Å². The van der Waals surface area contributed by atoms with E-state index in [1.807, 2.05) is 0 Å². The van der Waals surface area contributed by atoms with Crippen molar-refractivity contribution in [2.75, 3.05) is 39.6 Å². The highest BCUT2D eigenvalue weighted by Crippen LogP contribution is 2.45. The Morgan fingerprint density at radius 1 is 0.311 bits per heavy atom. The van der Waals surface area contributed by atoms with Crippen LogP contribution in [0.4, 0.5) is 0 Å². The van der Waals surface area contributed by atoms with Gasteiger partial charge in [0.2, 0.25) is 0 Å². The summed E-state index contributed by atoms with van der Waals surface area (Å²) in [6, 6.07) is 0. The zero-order chi connectivity index (χ0) is 66.8. The molecule has 0 aliphatic carbocycles. The molecular weight excluding hydrogens is 1190 g/mol. The van der Waals surface area contributed by atoms with Gasteiger partial charge in [-0.1, -0.05) is 299 Å². The summed E-state index contributed by atoms with van der Waals surface area (Å²) in [6.07, 6.45) is 43.3. The highest BCUT2D eigenvalue weighted by Gasteiger charge is 2.30.